The summed E-state index contributed by atoms with van der Waals surface area (Å²) in [5.74, 6) is 1.41. The molecule has 1 aliphatic rings. The lowest BCUT2D eigenvalue weighted by Gasteiger charge is -2.30. The normalized spacial score (nSPS) is 14.9. The summed E-state index contributed by atoms with van der Waals surface area (Å²) in [6, 6.07) is 15.3. The molecule has 144 valence electrons. The highest BCUT2D eigenvalue weighted by atomic mass is 79.9. The number of halogens is 2. The van der Waals surface area contributed by atoms with Gasteiger partial charge in [-0.15, -0.1) is 0 Å². The van der Waals surface area contributed by atoms with Crippen LogP contribution >= 0.6 is 31.9 Å². The Balaban J connectivity index is 1.34. The van der Waals surface area contributed by atoms with E-state index in [-0.39, 0.29) is 11.9 Å². The third kappa shape index (κ3) is 4.44. The van der Waals surface area contributed by atoms with Crippen LogP contribution in [0, 0.1) is 0 Å². The lowest BCUT2D eigenvalue weighted by Crippen LogP contribution is -2.40. The third-order valence-electron chi connectivity index (χ3n) is 4.77. The fourth-order valence-electron chi connectivity index (χ4n) is 3.18. The summed E-state index contributed by atoms with van der Waals surface area (Å²) in [5, 5.41) is 7.04. The second-order valence-corrected chi connectivity index (χ2v) is 8.49. The van der Waals surface area contributed by atoms with E-state index in [4.69, 9.17) is 4.52 Å². The lowest BCUT2D eigenvalue weighted by atomic mass is 9.97. The monoisotopic (exact) mass is 504 g/mol. The largest absolute Gasteiger partial charge is 0.339 e. The van der Waals surface area contributed by atoms with Gasteiger partial charge in [-0.3, -0.25) is 0 Å². The van der Waals surface area contributed by atoms with Gasteiger partial charge in [0, 0.05) is 39.2 Å². The molecule has 8 heteroatoms. The molecule has 0 aliphatic carbocycles. The standard InChI is InChI=1S/C20H18Br2N4O2/c21-15-3-1-13(2-4-15)18-24-19(28-25-18)14-9-11-26(12-10-14)20(27)23-17-7-5-16(22)6-8-17/h1-8,14H,9-12H2,(H,23,27). The zero-order chi connectivity index (χ0) is 19.5. The van der Waals surface area contributed by atoms with E-state index in [9.17, 15) is 4.79 Å². The minimum absolute atomic E-state index is 0.0816. The SMILES string of the molecule is O=C(Nc1ccc(Br)cc1)N1CCC(c2nc(-c3ccc(Br)cc3)no2)CC1. The number of amides is 2. The molecular weight excluding hydrogens is 488 g/mol. The molecule has 1 saturated heterocycles. The van der Waals surface area contributed by atoms with Gasteiger partial charge in [-0.05, 0) is 61.4 Å². The summed E-state index contributed by atoms with van der Waals surface area (Å²) in [7, 11) is 0. The number of carbonyl (C=O) groups excluding carboxylic acids is 1. The van der Waals surface area contributed by atoms with Crippen LogP contribution in [0.3, 0.4) is 0 Å². The quantitative estimate of drug-likeness (QED) is 0.497. The Morgan fingerprint density at radius 2 is 1.61 bits per heavy atom. The molecule has 0 spiro atoms. The molecule has 4 rings (SSSR count). The zero-order valence-corrected chi connectivity index (χ0v) is 18.1. The van der Waals surface area contributed by atoms with Crippen molar-refractivity contribution in [2.75, 3.05) is 18.4 Å². The molecule has 1 fully saturated rings. The summed E-state index contributed by atoms with van der Waals surface area (Å²) >= 11 is 6.81. The predicted molar refractivity (Wildman–Crippen MR) is 114 cm³/mol. The van der Waals surface area contributed by atoms with Gasteiger partial charge in [0.2, 0.25) is 11.7 Å². The molecule has 3 aromatic rings. The Labute approximate surface area is 179 Å². The number of hydrogen-bond acceptors (Lipinski definition) is 4. The molecule has 0 saturated carbocycles. The molecule has 2 aromatic carbocycles. The number of nitrogens with one attached hydrogen (secondary N) is 1. The van der Waals surface area contributed by atoms with E-state index in [1.807, 2.05) is 53.4 Å². The zero-order valence-electron chi connectivity index (χ0n) is 14.9. The number of piperidine rings is 1. The molecule has 1 aromatic heterocycles. The first-order valence-electron chi connectivity index (χ1n) is 8.99. The van der Waals surface area contributed by atoms with Crippen molar-refractivity contribution in [2.45, 2.75) is 18.8 Å². The Bertz CT molecular complexity index is 949. The summed E-state index contributed by atoms with van der Waals surface area (Å²) in [5.41, 5.74) is 1.70. The number of likely N-dealkylation sites (tertiary alicyclic amines) is 1. The van der Waals surface area contributed by atoms with Crippen LogP contribution in [0.2, 0.25) is 0 Å². The van der Waals surface area contributed by atoms with Crippen molar-refractivity contribution in [1.29, 1.82) is 0 Å². The second kappa shape index (κ2) is 8.45. The van der Waals surface area contributed by atoms with Gasteiger partial charge in [0.1, 0.15) is 0 Å². The van der Waals surface area contributed by atoms with Crippen LogP contribution in [0.25, 0.3) is 11.4 Å². The van der Waals surface area contributed by atoms with Crippen molar-refractivity contribution in [3.05, 3.63) is 63.4 Å². The fourth-order valence-corrected chi connectivity index (χ4v) is 3.71. The first kappa shape index (κ1) is 19.1. The highest BCUT2D eigenvalue weighted by Crippen LogP contribution is 2.29. The Hall–Kier alpha value is -2.19. The first-order chi connectivity index (χ1) is 13.6. The predicted octanol–water partition coefficient (Wildman–Crippen LogP) is 5.67. The summed E-state index contributed by atoms with van der Waals surface area (Å²) in [6.07, 6.45) is 1.60. The molecule has 0 atom stereocenters. The van der Waals surface area contributed by atoms with E-state index in [0.29, 0.717) is 24.8 Å². The van der Waals surface area contributed by atoms with Crippen LogP contribution in [0.4, 0.5) is 10.5 Å². The van der Waals surface area contributed by atoms with Crippen molar-refractivity contribution < 1.29 is 9.32 Å². The van der Waals surface area contributed by atoms with Crippen molar-refractivity contribution >= 4 is 43.6 Å². The highest BCUT2D eigenvalue weighted by molar-refractivity contribution is 9.10. The van der Waals surface area contributed by atoms with Crippen LogP contribution in [0.15, 0.2) is 62.0 Å². The van der Waals surface area contributed by atoms with E-state index in [2.05, 4.69) is 47.3 Å². The Kier molecular flexibility index (Phi) is 5.77. The lowest BCUT2D eigenvalue weighted by molar-refractivity contribution is 0.187. The van der Waals surface area contributed by atoms with Crippen LogP contribution in [-0.4, -0.2) is 34.2 Å². The highest BCUT2D eigenvalue weighted by Gasteiger charge is 2.27. The minimum Gasteiger partial charge on any atom is -0.339 e. The molecule has 0 bridgehead atoms. The minimum atomic E-state index is -0.0816. The van der Waals surface area contributed by atoms with Gasteiger partial charge in [-0.1, -0.05) is 37.0 Å². The van der Waals surface area contributed by atoms with Gasteiger partial charge in [0.25, 0.3) is 0 Å². The number of aromatic nitrogens is 2. The number of urea groups is 1. The fraction of sp³-hybridized carbons (Fsp3) is 0.250. The third-order valence-corrected chi connectivity index (χ3v) is 5.83. The van der Waals surface area contributed by atoms with Crippen molar-refractivity contribution in [2.24, 2.45) is 0 Å². The van der Waals surface area contributed by atoms with Gasteiger partial charge >= 0.3 is 6.03 Å². The molecule has 1 N–H and O–H groups in total. The molecule has 2 amide bonds. The molecular formula is C20H18Br2N4O2. The number of hydrogen-bond donors (Lipinski definition) is 1. The molecule has 0 radical (unpaired) electrons. The summed E-state index contributed by atoms with van der Waals surface area (Å²) in [4.78, 5) is 18.8. The summed E-state index contributed by atoms with van der Waals surface area (Å²) in [6.45, 7) is 1.31. The van der Waals surface area contributed by atoms with E-state index < -0.39 is 0 Å². The maximum Gasteiger partial charge on any atom is 0.321 e. The molecule has 2 heterocycles. The number of anilines is 1. The molecule has 28 heavy (non-hydrogen) atoms. The average Bonchev–Trinajstić information content (AvgIpc) is 3.20. The van der Waals surface area contributed by atoms with Crippen LogP contribution in [0.5, 0.6) is 0 Å². The van der Waals surface area contributed by atoms with Crippen LogP contribution in [0.1, 0.15) is 24.7 Å². The van der Waals surface area contributed by atoms with Gasteiger partial charge in [-0.2, -0.15) is 4.98 Å². The van der Waals surface area contributed by atoms with Gasteiger partial charge in [0.15, 0.2) is 0 Å². The van der Waals surface area contributed by atoms with E-state index in [1.165, 1.54) is 0 Å². The number of rotatable bonds is 3. The van der Waals surface area contributed by atoms with Gasteiger partial charge in [0.05, 0.1) is 0 Å². The molecule has 6 nitrogen and oxygen atoms in total. The number of carbonyl (C=O) groups is 1. The average molecular weight is 506 g/mol. The Morgan fingerprint density at radius 1 is 1.00 bits per heavy atom. The van der Waals surface area contributed by atoms with Crippen molar-refractivity contribution in [3.8, 4) is 11.4 Å². The van der Waals surface area contributed by atoms with E-state index in [0.717, 1.165) is 33.0 Å². The first-order valence-corrected chi connectivity index (χ1v) is 10.6. The number of benzene rings is 2. The Morgan fingerprint density at radius 3 is 2.25 bits per heavy atom. The summed E-state index contributed by atoms with van der Waals surface area (Å²) < 4.78 is 7.48. The van der Waals surface area contributed by atoms with Gasteiger partial charge in [-0.25, -0.2) is 4.79 Å². The maximum absolute atomic E-state index is 12.5. The number of nitrogens with zero attached hydrogens (tertiary/aromatic N) is 3. The molecule has 0 unspecified atom stereocenters. The van der Waals surface area contributed by atoms with Crippen molar-refractivity contribution in [1.82, 2.24) is 15.0 Å². The van der Waals surface area contributed by atoms with E-state index >= 15 is 0 Å². The van der Waals surface area contributed by atoms with E-state index in [1.54, 1.807) is 0 Å². The van der Waals surface area contributed by atoms with Crippen LogP contribution in [-0.2, 0) is 0 Å². The maximum atomic E-state index is 12.5. The second-order valence-electron chi connectivity index (χ2n) is 6.66. The van der Waals surface area contributed by atoms with Gasteiger partial charge < -0.3 is 14.7 Å². The van der Waals surface area contributed by atoms with Crippen LogP contribution < -0.4 is 5.32 Å². The topological polar surface area (TPSA) is 71.3 Å². The van der Waals surface area contributed by atoms with Crippen molar-refractivity contribution in [3.63, 3.8) is 0 Å². The smallest absolute Gasteiger partial charge is 0.321 e. The molecule has 1 aliphatic heterocycles.